The summed E-state index contributed by atoms with van der Waals surface area (Å²) in [6, 6.07) is 6.56. The third-order valence-electron chi connectivity index (χ3n) is 3.18. The van der Waals surface area contributed by atoms with Gasteiger partial charge in [0.05, 0.1) is 23.3 Å². The van der Waals surface area contributed by atoms with Crippen LogP contribution >= 0.6 is 0 Å². The highest BCUT2D eigenvalue weighted by Crippen LogP contribution is 2.16. The number of aromatic carboxylic acids is 1. The van der Waals surface area contributed by atoms with Crippen molar-refractivity contribution in [2.24, 2.45) is 0 Å². The highest BCUT2D eigenvalue weighted by molar-refractivity contribution is 5.88. The van der Waals surface area contributed by atoms with E-state index in [0.717, 1.165) is 11.1 Å². The monoisotopic (exact) mass is 312 g/mol. The number of benzene rings is 1. The van der Waals surface area contributed by atoms with Crippen LogP contribution in [-0.4, -0.2) is 20.9 Å². The van der Waals surface area contributed by atoms with Gasteiger partial charge in [-0.05, 0) is 43.7 Å². The Labute approximate surface area is 133 Å². The van der Waals surface area contributed by atoms with Crippen LogP contribution in [0, 0.1) is 0 Å². The molecule has 1 aromatic heterocycles. The molecule has 0 bridgehead atoms. The minimum atomic E-state index is -0.975. The topological polar surface area (TPSA) is 55.1 Å². The first kappa shape index (κ1) is 16.4. The molecule has 2 rings (SSSR count). The molecule has 0 aliphatic heterocycles. The molecular weight excluding hydrogens is 295 g/mol. The summed E-state index contributed by atoms with van der Waals surface area (Å²) in [4.78, 5) is 11.0. The highest BCUT2D eigenvalue weighted by atomic mass is 19.1. The van der Waals surface area contributed by atoms with Crippen molar-refractivity contribution in [2.75, 3.05) is 0 Å². The average Bonchev–Trinajstić information content (AvgIpc) is 3.01. The molecule has 0 saturated heterocycles. The Morgan fingerprint density at radius 1 is 1.22 bits per heavy atom. The minimum absolute atomic E-state index is 0.211. The Bertz CT molecular complexity index is 797. The smallest absolute Gasteiger partial charge is 0.335 e. The van der Waals surface area contributed by atoms with Gasteiger partial charge in [0.1, 0.15) is 0 Å². The van der Waals surface area contributed by atoms with Gasteiger partial charge < -0.3 is 5.11 Å². The number of hydrogen-bond donors (Lipinski definition) is 1. The van der Waals surface area contributed by atoms with E-state index in [0.29, 0.717) is 5.69 Å². The van der Waals surface area contributed by atoms with Gasteiger partial charge in [0.15, 0.2) is 0 Å². The summed E-state index contributed by atoms with van der Waals surface area (Å²) >= 11 is 0. The van der Waals surface area contributed by atoms with Crippen molar-refractivity contribution in [3.05, 3.63) is 77.9 Å². The fourth-order valence-corrected chi connectivity index (χ4v) is 1.93. The van der Waals surface area contributed by atoms with Crippen LogP contribution in [0.5, 0.6) is 0 Å². The number of carboxylic acids is 1. The van der Waals surface area contributed by atoms with Crippen LogP contribution in [0.3, 0.4) is 0 Å². The van der Waals surface area contributed by atoms with E-state index in [-0.39, 0.29) is 11.4 Å². The Kier molecular flexibility index (Phi) is 5.25. The van der Waals surface area contributed by atoms with Crippen molar-refractivity contribution in [1.29, 1.82) is 0 Å². The number of nitrogens with zero attached hydrogens (tertiary/aromatic N) is 2. The molecule has 0 amide bonds. The van der Waals surface area contributed by atoms with Crippen LogP contribution in [0.1, 0.15) is 29.8 Å². The van der Waals surface area contributed by atoms with Gasteiger partial charge in [0.2, 0.25) is 0 Å². The van der Waals surface area contributed by atoms with Gasteiger partial charge in [0, 0.05) is 11.8 Å². The average molecular weight is 312 g/mol. The van der Waals surface area contributed by atoms with E-state index in [2.05, 4.69) is 5.10 Å². The Morgan fingerprint density at radius 3 is 2.65 bits per heavy atom. The number of carbonyl (C=O) groups is 1. The maximum Gasteiger partial charge on any atom is 0.335 e. The summed E-state index contributed by atoms with van der Waals surface area (Å²) in [5, 5.41) is 13.3. The molecule has 118 valence electrons. The standard InChI is InChI=1S/C18H17FN2O2/c1-13(6-3-4-7-14(2)19)16-11-20-21(12-16)17-9-5-8-15(10-17)18(22)23/h3-12H,1-2H3,(H,22,23)/b4-3-,13-6+,14-7+. The van der Waals surface area contributed by atoms with E-state index < -0.39 is 5.97 Å². The first-order valence-electron chi connectivity index (χ1n) is 7.03. The normalized spacial score (nSPS) is 12.8. The molecule has 0 aliphatic rings. The molecular formula is C18H17FN2O2. The van der Waals surface area contributed by atoms with E-state index in [4.69, 9.17) is 5.11 Å². The van der Waals surface area contributed by atoms with Crippen LogP contribution in [0.4, 0.5) is 4.39 Å². The molecule has 0 radical (unpaired) electrons. The molecule has 0 aliphatic carbocycles. The molecule has 23 heavy (non-hydrogen) atoms. The zero-order chi connectivity index (χ0) is 16.8. The maximum atomic E-state index is 12.6. The molecule has 4 nitrogen and oxygen atoms in total. The summed E-state index contributed by atoms with van der Waals surface area (Å²) < 4.78 is 14.2. The third kappa shape index (κ3) is 4.51. The van der Waals surface area contributed by atoms with Gasteiger partial charge >= 0.3 is 5.97 Å². The van der Waals surface area contributed by atoms with Gasteiger partial charge in [-0.1, -0.05) is 24.3 Å². The molecule has 0 atom stereocenters. The van der Waals surface area contributed by atoms with Gasteiger partial charge in [0.25, 0.3) is 0 Å². The summed E-state index contributed by atoms with van der Waals surface area (Å²) in [7, 11) is 0. The van der Waals surface area contributed by atoms with Crippen molar-refractivity contribution in [2.45, 2.75) is 13.8 Å². The fraction of sp³-hybridized carbons (Fsp3) is 0.111. The van der Waals surface area contributed by atoms with E-state index in [1.165, 1.54) is 19.1 Å². The Balaban J connectivity index is 2.22. The molecule has 1 heterocycles. The molecule has 1 aromatic carbocycles. The first-order valence-corrected chi connectivity index (χ1v) is 7.03. The van der Waals surface area contributed by atoms with Crippen molar-refractivity contribution in [3.63, 3.8) is 0 Å². The minimum Gasteiger partial charge on any atom is -0.478 e. The van der Waals surface area contributed by atoms with Gasteiger partial charge in [-0.15, -0.1) is 0 Å². The second-order valence-electron chi connectivity index (χ2n) is 5.02. The second kappa shape index (κ2) is 7.35. The summed E-state index contributed by atoms with van der Waals surface area (Å²) in [6.07, 6.45) is 10.1. The van der Waals surface area contributed by atoms with E-state index in [1.807, 2.05) is 19.2 Å². The Morgan fingerprint density at radius 2 is 1.96 bits per heavy atom. The van der Waals surface area contributed by atoms with Gasteiger partial charge in [-0.3, -0.25) is 0 Å². The van der Waals surface area contributed by atoms with Crippen molar-refractivity contribution >= 4 is 11.5 Å². The predicted octanol–water partition coefficient (Wildman–Crippen LogP) is 4.40. The summed E-state index contributed by atoms with van der Waals surface area (Å²) in [6.45, 7) is 3.31. The maximum absolute atomic E-state index is 12.6. The first-order chi connectivity index (χ1) is 11.0. The number of halogens is 1. The lowest BCUT2D eigenvalue weighted by Gasteiger charge is -2.02. The van der Waals surface area contributed by atoms with Crippen molar-refractivity contribution in [1.82, 2.24) is 9.78 Å². The number of allylic oxidation sites excluding steroid dienone is 6. The van der Waals surface area contributed by atoms with Gasteiger partial charge in [-0.2, -0.15) is 5.10 Å². The quantitative estimate of drug-likeness (QED) is 0.832. The molecule has 1 N–H and O–H groups in total. The lowest BCUT2D eigenvalue weighted by atomic mass is 10.1. The SMILES string of the molecule is C\C(F)=C/C=C\C=C(/C)c1cnn(-c2cccc(C(=O)O)c2)c1. The number of aromatic nitrogens is 2. The zero-order valence-electron chi connectivity index (χ0n) is 12.9. The zero-order valence-corrected chi connectivity index (χ0v) is 12.9. The van der Waals surface area contributed by atoms with Gasteiger partial charge in [-0.25, -0.2) is 13.9 Å². The largest absolute Gasteiger partial charge is 0.478 e. The molecule has 0 unspecified atom stereocenters. The summed E-state index contributed by atoms with van der Waals surface area (Å²) in [5.41, 5.74) is 2.75. The van der Waals surface area contributed by atoms with Crippen molar-refractivity contribution in [3.8, 4) is 5.69 Å². The van der Waals surface area contributed by atoms with Crippen LogP contribution in [0.15, 0.2) is 66.8 Å². The number of rotatable bonds is 5. The fourth-order valence-electron chi connectivity index (χ4n) is 1.93. The van der Waals surface area contributed by atoms with Crippen LogP contribution in [-0.2, 0) is 0 Å². The predicted molar refractivity (Wildman–Crippen MR) is 88.2 cm³/mol. The van der Waals surface area contributed by atoms with E-state index in [1.54, 1.807) is 41.2 Å². The third-order valence-corrected chi connectivity index (χ3v) is 3.18. The molecule has 2 aromatic rings. The van der Waals surface area contributed by atoms with E-state index in [9.17, 15) is 9.18 Å². The lowest BCUT2D eigenvalue weighted by molar-refractivity contribution is 0.0697. The van der Waals surface area contributed by atoms with Crippen LogP contribution < -0.4 is 0 Å². The molecule has 0 saturated carbocycles. The Hall–Kier alpha value is -2.95. The second-order valence-corrected chi connectivity index (χ2v) is 5.02. The number of hydrogen-bond acceptors (Lipinski definition) is 2. The van der Waals surface area contributed by atoms with Crippen LogP contribution in [0.2, 0.25) is 0 Å². The lowest BCUT2D eigenvalue weighted by Crippen LogP contribution is -1.99. The van der Waals surface area contributed by atoms with Crippen LogP contribution in [0.25, 0.3) is 11.3 Å². The highest BCUT2D eigenvalue weighted by Gasteiger charge is 2.06. The van der Waals surface area contributed by atoms with E-state index >= 15 is 0 Å². The number of carboxylic acid groups (broad SMARTS) is 1. The molecule has 5 heteroatoms. The molecule has 0 spiro atoms. The summed E-state index contributed by atoms with van der Waals surface area (Å²) in [5.74, 6) is -1.23. The van der Waals surface area contributed by atoms with Crippen molar-refractivity contribution < 1.29 is 14.3 Å². The molecule has 0 fully saturated rings.